The van der Waals surface area contributed by atoms with Gasteiger partial charge in [0.05, 0.1) is 17.5 Å². The first-order valence-electron chi connectivity index (χ1n) is 13.1. The van der Waals surface area contributed by atoms with Crippen molar-refractivity contribution in [1.82, 2.24) is 9.47 Å². The maximum Gasteiger partial charge on any atom is 0.309 e. The maximum atomic E-state index is 13.2. The molecule has 0 atom stereocenters. The van der Waals surface area contributed by atoms with E-state index in [2.05, 4.69) is 10.2 Å². The maximum absolute atomic E-state index is 13.2. The number of carboxylic acids is 1. The predicted molar refractivity (Wildman–Crippen MR) is 148 cm³/mol. The van der Waals surface area contributed by atoms with Gasteiger partial charge in [0.15, 0.2) is 0 Å². The minimum atomic E-state index is -1.08. The number of aliphatic carboxylic acids is 1. The highest BCUT2D eigenvalue weighted by molar-refractivity contribution is 6.07. The van der Waals surface area contributed by atoms with Gasteiger partial charge in [-0.1, -0.05) is 6.07 Å². The Morgan fingerprint density at radius 2 is 1.68 bits per heavy atom. The summed E-state index contributed by atoms with van der Waals surface area (Å²) in [5.74, 6) is -0.520. The second-order valence-corrected chi connectivity index (χ2v) is 10.1. The first-order chi connectivity index (χ1) is 18.1. The van der Waals surface area contributed by atoms with Gasteiger partial charge >= 0.3 is 5.97 Å². The molecule has 1 aromatic heterocycles. The van der Waals surface area contributed by atoms with Gasteiger partial charge in [0, 0.05) is 55.9 Å². The number of carbonyl (C=O) groups is 3. The van der Waals surface area contributed by atoms with Crippen molar-refractivity contribution < 1.29 is 24.2 Å². The largest absolute Gasteiger partial charge is 0.493 e. The molecule has 0 spiro atoms. The van der Waals surface area contributed by atoms with Crippen LogP contribution in [0.1, 0.15) is 44.6 Å². The van der Waals surface area contributed by atoms with Crippen LogP contribution in [0.3, 0.4) is 0 Å². The number of ether oxygens (including phenoxy) is 1. The predicted octanol–water partition coefficient (Wildman–Crippen LogP) is 4.46. The summed E-state index contributed by atoms with van der Waals surface area (Å²) in [6, 6.07) is 15.4. The topological polar surface area (TPSA) is 104 Å². The van der Waals surface area contributed by atoms with E-state index in [-0.39, 0.29) is 18.2 Å². The van der Waals surface area contributed by atoms with E-state index < -0.39 is 11.4 Å². The molecule has 2 heterocycles. The number of anilines is 2. The van der Waals surface area contributed by atoms with Crippen LogP contribution < -0.4 is 15.0 Å². The van der Waals surface area contributed by atoms with Crippen molar-refractivity contribution in [2.24, 2.45) is 5.41 Å². The molecule has 1 aliphatic heterocycles. The number of carbonyl (C=O) groups excluding carboxylic acids is 2. The van der Waals surface area contributed by atoms with Crippen LogP contribution in [0.2, 0.25) is 0 Å². The highest BCUT2D eigenvalue weighted by Gasteiger charge is 2.33. The Balaban J connectivity index is 1.39. The van der Waals surface area contributed by atoms with Gasteiger partial charge in [-0.2, -0.15) is 0 Å². The van der Waals surface area contributed by atoms with Gasteiger partial charge in [-0.15, -0.1) is 0 Å². The van der Waals surface area contributed by atoms with E-state index in [0.29, 0.717) is 50.7 Å². The molecular weight excluding hydrogens is 484 g/mol. The van der Waals surface area contributed by atoms with Gasteiger partial charge in [-0.3, -0.25) is 14.4 Å². The molecule has 2 amide bonds. The van der Waals surface area contributed by atoms with Crippen LogP contribution in [0.25, 0.3) is 10.9 Å². The van der Waals surface area contributed by atoms with Gasteiger partial charge in [0.2, 0.25) is 5.91 Å². The van der Waals surface area contributed by atoms with Crippen molar-refractivity contribution >= 4 is 40.1 Å². The first-order valence-corrected chi connectivity index (χ1v) is 13.1. The zero-order valence-electron chi connectivity index (χ0n) is 22.5. The molecule has 0 radical (unpaired) electrons. The molecule has 1 saturated heterocycles. The zero-order chi connectivity index (χ0) is 27.4. The summed E-state index contributed by atoms with van der Waals surface area (Å²) in [5.41, 5.74) is 2.16. The molecule has 3 aromatic rings. The van der Waals surface area contributed by atoms with Crippen LogP contribution in [0.5, 0.6) is 5.75 Å². The SMILES string of the molecule is CCOc1cccc2c1cc(C(=O)Nc1ccc(N3CCN(C(=O)CC(C)(C)C(=O)O)CC3)cc1)n2CC. The Labute approximate surface area is 223 Å². The number of hydrogen-bond donors (Lipinski definition) is 2. The number of fused-ring (bicyclic) bond motifs is 1. The molecule has 0 saturated carbocycles. The number of hydrogen-bond acceptors (Lipinski definition) is 5. The van der Waals surface area contributed by atoms with Crippen molar-refractivity contribution in [1.29, 1.82) is 0 Å². The minimum absolute atomic E-state index is 0.0132. The van der Waals surface area contributed by atoms with E-state index in [9.17, 15) is 19.5 Å². The summed E-state index contributed by atoms with van der Waals surface area (Å²) in [4.78, 5) is 41.0. The molecule has 4 rings (SSSR count). The van der Waals surface area contributed by atoms with Gasteiger partial charge in [-0.25, -0.2) is 0 Å². The molecule has 1 aliphatic rings. The summed E-state index contributed by atoms with van der Waals surface area (Å²) >= 11 is 0. The van der Waals surface area contributed by atoms with E-state index in [4.69, 9.17) is 4.74 Å². The van der Waals surface area contributed by atoms with E-state index >= 15 is 0 Å². The highest BCUT2D eigenvalue weighted by atomic mass is 16.5. The monoisotopic (exact) mass is 520 g/mol. The lowest BCUT2D eigenvalue weighted by Gasteiger charge is -2.37. The van der Waals surface area contributed by atoms with Crippen LogP contribution >= 0.6 is 0 Å². The minimum Gasteiger partial charge on any atom is -0.493 e. The van der Waals surface area contributed by atoms with E-state index in [1.54, 1.807) is 18.7 Å². The number of amides is 2. The average Bonchev–Trinajstić information content (AvgIpc) is 3.29. The fraction of sp³-hybridized carbons (Fsp3) is 0.414. The third-order valence-electron chi connectivity index (χ3n) is 7.05. The second-order valence-electron chi connectivity index (χ2n) is 10.1. The molecule has 38 heavy (non-hydrogen) atoms. The summed E-state index contributed by atoms with van der Waals surface area (Å²) in [5, 5.41) is 13.2. The fourth-order valence-electron chi connectivity index (χ4n) is 4.80. The number of benzene rings is 2. The normalized spacial score (nSPS) is 14.0. The van der Waals surface area contributed by atoms with Gasteiger partial charge in [-0.05, 0) is 70.2 Å². The Bertz CT molecular complexity index is 1320. The molecule has 0 unspecified atom stereocenters. The zero-order valence-corrected chi connectivity index (χ0v) is 22.5. The van der Waals surface area contributed by atoms with Crippen LogP contribution in [0.4, 0.5) is 11.4 Å². The Morgan fingerprint density at radius 1 is 1.00 bits per heavy atom. The summed E-state index contributed by atoms with van der Waals surface area (Å²) in [6.45, 7) is 10.7. The van der Waals surface area contributed by atoms with Crippen molar-refractivity contribution in [3.8, 4) is 5.75 Å². The van der Waals surface area contributed by atoms with Gasteiger partial charge < -0.3 is 29.5 Å². The van der Waals surface area contributed by atoms with E-state index in [0.717, 1.165) is 22.3 Å². The molecule has 202 valence electrons. The van der Waals surface area contributed by atoms with Crippen LogP contribution in [0, 0.1) is 5.41 Å². The molecule has 9 heteroatoms. The van der Waals surface area contributed by atoms with Crippen LogP contribution in [-0.4, -0.2) is 65.1 Å². The standard InChI is InChI=1S/C29H36N4O5/c1-5-33-23-8-7-9-25(38-6-2)22(23)18-24(33)27(35)30-20-10-12-21(13-11-20)31-14-16-32(17-15-31)26(34)19-29(3,4)28(36)37/h7-13,18H,5-6,14-17,19H2,1-4H3,(H,30,35)(H,36,37). The van der Waals surface area contributed by atoms with E-state index in [1.807, 2.05) is 66.9 Å². The number of aryl methyl sites for hydroxylation is 1. The third-order valence-corrected chi connectivity index (χ3v) is 7.05. The number of nitrogens with one attached hydrogen (secondary N) is 1. The van der Waals surface area contributed by atoms with Gasteiger partial charge in [0.25, 0.3) is 5.91 Å². The quantitative estimate of drug-likeness (QED) is 0.432. The lowest BCUT2D eigenvalue weighted by molar-refractivity contribution is -0.151. The number of piperazine rings is 1. The Morgan fingerprint density at radius 3 is 2.29 bits per heavy atom. The molecule has 9 nitrogen and oxygen atoms in total. The van der Waals surface area contributed by atoms with Crippen molar-refractivity contribution in [2.75, 3.05) is 43.0 Å². The van der Waals surface area contributed by atoms with Crippen molar-refractivity contribution in [3.63, 3.8) is 0 Å². The van der Waals surface area contributed by atoms with Crippen LogP contribution in [0.15, 0.2) is 48.5 Å². The molecule has 0 bridgehead atoms. The molecule has 2 N–H and O–H groups in total. The van der Waals surface area contributed by atoms with Crippen molar-refractivity contribution in [3.05, 3.63) is 54.2 Å². The summed E-state index contributed by atoms with van der Waals surface area (Å²) < 4.78 is 7.74. The highest BCUT2D eigenvalue weighted by Crippen LogP contribution is 2.30. The fourth-order valence-corrected chi connectivity index (χ4v) is 4.80. The molecule has 2 aromatic carbocycles. The molecular formula is C29H36N4O5. The first kappa shape index (κ1) is 27.0. The number of rotatable bonds is 9. The van der Waals surface area contributed by atoms with Crippen molar-refractivity contribution in [2.45, 2.75) is 40.7 Å². The molecule has 1 fully saturated rings. The number of nitrogens with zero attached hydrogens (tertiary/aromatic N) is 3. The lowest BCUT2D eigenvalue weighted by atomic mass is 9.89. The third kappa shape index (κ3) is 5.61. The Kier molecular flexibility index (Phi) is 7.94. The summed E-state index contributed by atoms with van der Waals surface area (Å²) in [7, 11) is 0. The number of carboxylic acid groups (broad SMARTS) is 1. The lowest BCUT2D eigenvalue weighted by Crippen LogP contribution is -2.49. The summed E-state index contributed by atoms with van der Waals surface area (Å²) in [6.07, 6.45) is -0.0132. The van der Waals surface area contributed by atoms with E-state index in [1.165, 1.54) is 0 Å². The molecule has 0 aliphatic carbocycles. The second kappa shape index (κ2) is 11.2. The van der Waals surface area contributed by atoms with Crippen LogP contribution in [-0.2, 0) is 16.1 Å². The number of aromatic nitrogens is 1. The smallest absolute Gasteiger partial charge is 0.309 e. The van der Waals surface area contributed by atoms with Gasteiger partial charge in [0.1, 0.15) is 11.4 Å². The Hall–Kier alpha value is -4.01. The average molecular weight is 521 g/mol.